The zero-order valence-corrected chi connectivity index (χ0v) is 8.74. The number of carbonyl (C=O) groups is 1. The topological polar surface area (TPSA) is 71.8 Å². The lowest BCUT2D eigenvalue weighted by molar-refractivity contribution is 0.100. The number of primary amides is 1. The van der Waals surface area contributed by atoms with Gasteiger partial charge in [-0.05, 0) is 12.0 Å². The van der Waals surface area contributed by atoms with Crippen LogP contribution in [0.3, 0.4) is 0 Å². The Morgan fingerprint density at radius 2 is 2.27 bits per heavy atom. The van der Waals surface area contributed by atoms with Gasteiger partial charge in [0, 0.05) is 29.0 Å². The number of nitrogens with two attached hydrogens (primary N) is 1. The van der Waals surface area contributed by atoms with Crippen molar-refractivity contribution in [3.8, 4) is 0 Å². The Kier molecular flexibility index (Phi) is 2.19. The molecule has 3 N–H and O–H groups in total. The molecule has 0 radical (unpaired) electrons. The van der Waals surface area contributed by atoms with Crippen LogP contribution in [0.15, 0.2) is 18.5 Å². The number of nitrogens with one attached hydrogen (secondary N) is 1. The van der Waals surface area contributed by atoms with Gasteiger partial charge in [0.2, 0.25) is 0 Å². The lowest BCUT2D eigenvalue weighted by atomic mass is 10.1. The van der Waals surface area contributed by atoms with Crippen LogP contribution in [-0.2, 0) is 0 Å². The van der Waals surface area contributed by atoms with Crippen molar-refractivity contribution in [1.82, 2.24) is 9.97 Å². The van der Waals surface area contributed by atoms with Gasteiger partial charge in [0.1, 0.15) is 0 Å². The van der Waals surface area contributed by atoms with Crippen LogP contribution in [0.4, 0.5) is 0 Å². The molecular weight excluding hydrogens is 190 g/mol. The summed E-state index contributed by atoms with van der Waals surface area (Å²) >= 11 is 0. The molecule has 0 saturated heterocycles. The monoisotopic (exact) mass is 203 g/mol. The molecule has 78 valence electrons. The molecule has 15 heavy (non-hydrogen) atoms. The molecular formula is C11H13N3O. The Morgan fingerprint density at radius 3 is 2.87 bits per heavy atom. The molecule has 4 nitrogen and oxygen atoms in total. The third-order valence-electron chi connectivity index (χ3n) is 2.44. The molecule has 0 spiro atoms. The minimum atomic E-state index is -0.430. The van der Waals surface area contributed by atoms with Crippen LogP contribution in [0, 0.1) is 0 Å². The Hall–Kier alpha value is -1.84. The average Bonchev–Trinajstić information content (AvgIpc) is 2.59. The lowest BCUT2D eigenvalue weighted by Crippen LogP contribution is -2.09. The van der Waals surface area contributed by atoms with Crippen molar-refractivity contribution in [2.45, 2.75) is 19.8 Å². The first-order valence-corrected chi connectivity index (χ1v) is 4.86. The summed E-state index contributed by atoms with van der Waals surface area (Å²) < 4.78 is 0. The SMILES string of the molecule is CC(C)c1cc2[nH]cc(C(N)=O)c2cn1. The first kappa shape index (κ1) is 9.71. The molecule has 2 heterocycles. The Balaban J connectivity index is 2.61. The second kappa shape index (κ2) is 3.38. The highest BCUT2D eigenvalue weighted by Crippen LogP contribution is 2.20. The van der Waals surface area contributed by atoms with Gasteiger partial charge in [-0.3, -0.25) is 9.78 Å². The highest BCUT2D eigenvalue weighted by atomic mass is 16.1. The van der Waals surface area contributed by atoms with Gasteiger partial charge in [0.25, 0.3) is 5.91 Å². The zero-order chi connectivity index (χ0) is 11.0. The number of carbonyl (C=O) groups excluding carboxylic acids is 1. The highest BCUT2D eigenvalue weighted by Gasteiger charge is 2.10. The lowest BCUT2D eigenvalue weighted by Gasteiger charge is -2.03. The fraction of sp³-hybridized carbons (Fsp3) is 0.273. The number of aromatic nitrogens is 2. The summed E-state index contributed by atoms with van der Waals surface area (Å²) in [5.74, 6) is -0.0601. The number of fused-ring (bicyclic) bond motifs is 1. The van der Waals surface area contributed by atoms with Crippen LogP contribution in [0.5, 0.6) is 0 Å². The molecule has 1 amide bonds. The number of hydrogen-bond donors (Lipinski definition) is 2. The second-order valence-corrected chi connectivity index (χ2v) is 3.88. The van der Waals surface area contributed by atoms with Crippen molar-refractivity contribution in [3.63, 3.8) is 0 Å². The quantitative estimate of drug-likeness (QED) is 0.781. The van der Waals surface area contributed by atoms with E-state index in [1.54, 1.807) is 12.4 Å². The standard InChI is InChI=1S/C11H13N3O/c1-6(2)9-3-10-7(4-13-9)8(5-14-10)11(12)15/h3-6,14H,1-2H3,(H2,12,15). The van der Waals surface area contributed by atoms with Crippen LogP contribution in [0.2, 0.25) is 0 Å². The fourth-order valence-electron chi connectivity index (χ4n) is 1.55. The smallest absolute Gasteiger partial charge is 0.250 e. The molecule has 2 aromatic rings. The number of hydrogen-bond acceptors (Lipinski definition) is 2. The van der Waals surface area contributed by atoms with Gasteiger partial charge in [0.15, 0.2) is 0 Å². The Morgan fingerprint density at radius 1 is 1.53 bits per heavy atom. The maximum atomic E-state index is 11.1. The van der Waals surface area contributed by atoms with Gasteiger partial charge in [-0.25, -0.2) is 0 Å². The summed E-state index contributed by atoms with van der Waals surface area (Å²) in [6, 6.07) is 1.95. The Labute approximate surface area is 87.5 Å². The number of aromatic amines is 1. The summed E-state index contributed by atoms with van der Waals surface area (Å²) in [6.07, 6.45) is 3.32. The van der Waals surface area contributed by atoms with Gasteiger partial charge in [-0.1, -0.05) is 13.8 Å². The first-order valence-electron chi connectivity index (χ1n) is 4.86. The maximum Gasteiger partial charge on any atom is 0.250 e. The molecule has 2 rings (SSSR count). The van der Waals surface area contributed by atoms with Gasteiger partial charge in [0.05, 0.1) is 5.56 Å². The fourth-order valence-corrected chi connectivity index (χ4v) is 1.55. The molecule has 0 unspecified atom stereocenters. The summed E-state index contributed by atoms with van der Waals surface area (Å²) in [7, 11) is 0. The van der Waals surface area contributed by atoms with Gasteiger partial charge in [-0.2, -0.15) is 0 Å². The molecule has 4 heteroatoms. The molecule has 0 aromatic carbocycles. The molecule has 0 atom stereocenters. The molecule has 0 bridgehead atoms. The predicted octanol–water partition coefficient (Wildman–Crippen LogP) is 1.79. The summed E-state index contributed by atoms with van der Waals surface area (Å²) in [5.41, 5.74) is 7.63. The van der Waals surface area contributed by atoms with Crippen molar-refractivity contribution < 1.29 is 4.79 Å². The van der Waals surface area contributed by atoms with E-state index in [4.69, 9.17) is 5.73 Å². The van der Waals surface area contributed by atoms with E-state index < -0.39 is 5.91 Å². The molecule has 0 aliphatic rings. The van der Waals surface area contributed by atoms with Crippen molar-refractivity contribution in [2.24, 2.45) is 5.73 Å². The third kappa shape index (κ3) is 1.58. The van der Waals surface area contributed by atoms with Gasteiger partial charge in [-0.15, -0.1) is 0 Å². The average molecular weight is 203 g/mol. The van der Waals surface area contributed by atoms with Crippen LogP contribution in [-0.4, -0.2) is 15.9 Å². The van der Waals surface area contributed by atoms with Crippen LogP contribution in [0.1, 0.15) is 35.8 Å². The van der Waals surface area contributed by atoms with E-state index in [9.17, 15) is 4.79 Å². The van der Waals surface area contributed by atoms with E-state index in [1.807, 2.05) is 6.07 Å². The molecule has 0 aliphatic carbocycles. The summed E-state index contributed by atoms with van der Waals surface area (Å²) in [5, 5.41) is 0.784. The number of nitrogens with zero attached hydrogens (tertiary/aromatic N) is 1. The normalized spacial score (nSPS) is 11.1. The van der Waals surface area contributed by atoms with E-state index in [-0.39, 0.29) is 0 Å². The van der Waals surface area contributed by atoms with Gasteiger partial charge >= 0.3 is 0 Å². The predicted molar refractivity (Wildman–Crippen MR) is 58.7 cm³/mol. The van der Waals surface area contributed by atoms with E-state index in [0.29, 0.717) is 11.5 Å². The van der Waals surface area contributed by atoms with Crippen LogP contribution in [0.25, 0.3) is 10.9 Å². The molecule has 0 fully saturated rings. The van der Waals surface area contributed by atoms with Crippen molar-refractivity contribution in [1.29, 1.82) is 0 Å². The summed E-state index contributed by atoms with van der Waals surface area (Å²) in [6.45, 7) is 4.15. The maximum absolute atomic E-state index is 11.1. The highest BCUT2D eigenvalue weighted by molar-refractivity contribution is 6.05. The van der Waals surface area contributed by atoms with E-state index in [2.05, 4.69) is 23.8 Å². The minimum absolute atomic E-state index is 0.370. The van der Waals surface area contributed by atoms with Crippen molar-refractivity contribution in [2.75, 3.05) is 0 Å². The zero-order valence-electron chi connectivity index (χ0n) is 8.74. The number of H-pyrrole nitrogens is 1. The Bertz CT molecular complexity index is 514. The number of amides is 1. The molecule has 2 aromatic heterocycles. The first-order chi connectivity index (χ1) is 7.09. The second-order valence-electron chi connectivity index (χ2n) is 3.88. The van der Waals surface area contributed by atoms with Gasteiger partial charge < -0.3 is 10.7 Å². The van der Waals surface area contributed by atoms with Crippen molar-refractivity contribution in [3.05, 3.63) is 29.7 Å². The van der Waals surface area contributed by atoms with E-state index >= 15 is 0 Å². The van der Waals surface area contributed by atoms with E-state index in [1.165, 1.54) is 0 Å². The van der Waals surface area contributed by atoms with Crippen LogP contribution >= 0.6 is 0 Å². The summed E-state index contributed by atoms with van der Waals surface area (Å²) in [4.78, 5) is 18.4. The number of pyridine rings is 1. The van der Waals surface area contributed by atoms with Crippen LogP contribution < -0.4 is 5.73 Å². The largest absolute Gasteiger partial charge is 0.366 e. The molecule has 0 aliphatic heterocycles. The van der Waals surface area contributed by atoms with Crippen molar-refractivity contribution >= 4 is 16.8 Å². The van der Waals surface area contributed by atoms with E-state index in [0.717, 1.165) is 16.6 Å². The third-order valence-corrected chi connectivity index (χ3v) is 2.44. The molecule has 0 saturated carbocycles. The minimum Gasteiger partial charge on any atom is -0.366 e. The number of rotatable bonds is 2.